The largest absolute Gasteiger partial charge is 0.252 e. The minimum absolute atomic E-state index is 0.867. The molecule has 24 heteroatoms. The first-order valence-corrected chi connectivity index (χ1v) is 15.8. The van der Waals surface area contributed by atoms with Crippen LogP contribution in [0.5, 0.6) is 5.75 Å². The van der Waals surface area contributed by atoms with E-state index in [4.69, 9.17) is 4.84 Å². The van der Waals surface area contributed by atoms with Gasteiger partial charge < -0.3 is 0 Å². The Kier molecular flexibility index (Phi) is 12.2. The van der Waals surface area contributed by atoms with Crippen molar-refractivity contribution in [3.63, 3.8) is 0 Å². The van der Waals surface area contributed by atoms with Crippen LogP contribution in [0.4, 0.5) is 87.8 Å². The molecule has 60 heavy (non-hydrogen) atoms. The fourth-order valence-electron chi connectivity index (χ4n) is 6.18. The van der Waals surface area contributed by atoms with Crippen molar-refractivity contribution in [2.75, 3.05) is 0 Å². The summed E-state index contributed by atoms with van der Waals surface area (Å²) in [5, 5.41) is 0. The molecule has 0 N–H and O–H groups in total. The second kappa shape index (κ2) is 16.4. The molecule has 5 aromatic carbocycles. The third-order valence-electron chi connectivity index (χ3n) is 9.07. The maximum absolute atomic E-state index is 15.4. The fraction of sp³-hybridized carbons (Fsp3) is 0.0556. The van der Waals surface area contributed by atoms with Crippen LogP contribution in [0.2, 0.25) is 0 Å². The molecule has 0 unspecified atom stereocenters. The van der Waals surface area contributed by atoms with Gasteiger partial charge in [-0.1, -0.05) is 12.1 Å². The zero-order chi connectivity index (χ0) is 45.0. The molecule has 0 aliphatic heterocycles. The predicted octanol–water partition coefficient (Wildman–Crippen LogP) is 7.67. The smallest absolute Gasteiger partial charge is 0.241 e. The summed E-state index contributed by atoms with van der Waals surface area (Å²) in [5.41, 5.74) is -12.0. The van der Waals surface area contributed by atoms with Crippen molar-refractivity contribution in [2.45, 2.75) is 13.8 Å². The minimum Gasteiger partial charge on any atom is -0.252 e. The van der Waals surface area contributed by atoms with Crippen LogP contribution in [0, 0.1) is 130 Å². The zero-order valence-corrected chi connectivity index (χ0v) is 29.0. The highest BCUT2D eigenvalue weighted by atomic mass is 19.2. The average Bonchev–Trinajstić information content (AvgIpc) is 3.23. The number of hydrogen-bond acceptors (Lipinski definition) is 2. The van der Waals surface area contributed by atoms with Crippen molar-refractivity contribution < 1.29 is 97.4 Å². The third kappa shape index (κ3) is 6.79. The second-order valence-corrected chi connectivity index (χ2v) is 12.2. The van der Waals surface area contributed by atoms with E-state index < -0.39 is 144 Å². The van der Waals surface area contributed by atoms with E-state index in [0.717, 1.165) is 11.3 Å². The number of nitrogens with zero attached hydrogens (tertiary/aromatic N) is 2. The summed E-state index contributed by atoms with van der Waals surface area (Å²) in [6.07, 6.45) is -0.314. The van der Waals surface area contributed by atoms with Crippen molar-refractivity contribution >= 4 is 28.0 Å². The SMILES string of the molecule is Cc1cccc(O[n+]2ccncc2)c1C.Fc1c(F)c(F)c([B-](c2c(F)c(F)c(F)c(F)c2F)(c2c(F)c(F)c(F)c(F)c2F)c2c(F)c(F)c(F)c(F)c2F)c(F)c1F. The molecule has 0 saturated carbocycles. The lowest BCUT2D eigenvalue weighted by atomic mass is 9.12. The first kappa shape index (κ1) is 44.7. The first-order valence-electron chi connectivity index (χ1n) is 15.8. The maximum Gasteiger partial charge on any atom is 0.241 e. The lowest BCUT2D eigenvalue weighted by molar-refractivity contribution is -0.875. The van der Waals surface area contributed by atoms with Gasteiger partial charge in [0, 0.05) is 10.3 Å². The molecule has 3 nitrogen and oxygen atoms in total. The lowest BCUT2D eigenvalue weighted by Gasteiger charge is -2.44. The summed E-state index contributed by atoms with van der Waals surface area (Å²) in [4.78, 5) is 9.59. The van der Waals surface area contributed by atoms with Crippen molar-refractivity contribution in [2.24, 2.45) is 0 Å². The lowest BCUT2D eigenvalue weighted by Crippen LogP contribution is -2.81. The molecule has 6 aromatic rings. The van der Waals surface area contributed by atoms with Crippen LogP contribution < -0.4 is 31.4 Å². The van der Waals surface area contributed by atoms with E-state index >= 15 is 35.1 Å². The fourth-order valence-corrected chi connectivity index (χ4v) is 6.18. The van der Waals surface area contributed by atoms with E-state index in [1.165, 1.54) is 5.56 Å². The molecular formula is C36H13BF20N2O. The molecule has 6 rings (SSSR count). The van der Waals surface area contributed by atoms with E-state index in [1.54, 1.807) is 29.5 Å². The van der Waals surface area contributed by atoms with E-state index in [-0.39, 0.29) is 0 Å². The van der Waals surface area contributed by atoms with Crippen LogP contribution in [-0.2, 0) is 0 Å². The quantitative estimate of drug-likeness (QED) is 0.0565. The normalized spacial score (nSPS) is 11.5. The van der Waals surface area contributed by atoms with Gasteiger partial charge in [-0.2, -0.15) is 0 Å². The van der Waals surface area contributed by atoms with Gasteiger partial charge in [0.2, 0.25) is 18.1 Å². The van der Waals surface area contributed by atoms with Gasteiger partial charge in [-0.25, -0.2) is 92.6 Å². The van der Waals surface area contributed by atoms with Crippen molar-refractivity contribution in [3.05, 3.63) is 170 Å². The van der Waals surface area contributed by atoms with Gasteiger partial charge >= 0.3 is 0 Å². The molecule has 0 aliphatic carbocycles. The Labute approximate surface area is 320 Å². The Morgan fingerprint density at radius 3 is 0.900 bits per heavy atom. The van der Waals surface area contributed by atoms with Gasteiger partial charge in [0.05, 0.1) is 12.4 Å². The first-order chi connectivity index (χ1) is 28.0. The van der Waals surface area contributed by atoms with Crippen LogP contribution in [0.25, 0.3) is 0 Å². The summed E-state index contributed by atoms with van der Waals surface area (Å²) in [7, 11) is 0. The number of aryl methyl sites for hydroxylation is 1. The molecule has 0 spiro atoms. The standard InChI is InChI=1S/C24BF20.C12H13N2O/c26-5-1(6(27)14(35)21(42)13(5)34)25(2-7(28)15(36)22(43)16(37)8(2)29,3-9(30)17(38)23(44)18(39)10(3)31)4-11(32)19(40)24(45)20(41)12(4)33;1-10-4-3-5-12(11(10)2)15-14-8-6-13-7-9-14/h;3-9H,1-2H3/q-1;+1. The summed E-state index contributed by atoms with van der Waals surface area (Å²) in [6.45, 7) is 4.12. The summed E-state index contributed by atoms with van der Waals surface area (Å²) >= 11 is 0. The maximum atomic E-state index is 15.4. The molecule has 1 heterocycles. The molecule has 0 fully saturated rings. The Morgan fingerprint density at radius 2 is 0.633 bits per heavy atom. The zero-order valence-electron chi connectivity index (χ0n) is 29.0. The molecule has 0 bridgehead atoms. The molecule has 316 valence electrons. The van der Waals surface area contributed by atoms with Gasteiger partial charge in [-0.15, -0.1) is 21.9 Å². The number of hydrogen-bond donors (Lipinski definition) is 0. The molecule has 0 saturated heterocycles. The van der Waals surface area contributed by atoms with Crippen molar-refractivity contribution in [3.8, 4) is 5.75 Å². The van der Waals surface area contributed by atoms with E-state index in [0.29, 0.717) is 0 Å². The monoisotopic (exact) mass is 880 g/mol. The summed E-state index contributed by atoms with van der Waals surface area (Å²) in [6, 6.07) is 6.01. The van der Waals surface area contributed by atoms with Crippen molar-refractivity contribution in [1.82, 2.24) is 4.98 Å². The minimum atomic E-state index is -7.22. The summed E-state index contributed by atoms with van der Waals surface area (Å²) in [5.74, 6) is -70.5. The number of aromatic nitrogens is 2. The Balaban J connectivity index is 0.000000379. The van der Waals surface area contributed by atoms with Crippen molar-refractivity contribution in [1.29, 1.82) is 0 Å². The second-order valence-electron chi connectivity index (χ2n) is 12.2. The van der Waals surface area contributed by atoms with E-state index in [9.17, 15) is 52.7 Å². The molecule has 1 aromatic heterocycles. The highest BCUT2D eigenvalue weighted by Gasteiger charge is 2.52. The molecule has 0 aliphatic rings. The Hall–Kier alpha value is -6.36. The molecule has 0 radical (unpaired) electrons. The highest BCUT2D eigenvalue weighted by Crippen LogP contribution is 2.31. The predicted molar refractivity (Wildman–Crippen MR) is 166 cm³/mol. The topological polar surface area (TPSA) is 26.0 Å². The van der Waals surface area contributed by atoms with E-state index in [2.05, 4.69) is 18.0 Å². The third-order valence-corrected chi connectivity index (χ3v) is 9.07. The average molecular weight is 880 g/mol. The van der Waals surface area contributed by atoms with Gasteiger partial charge in [0.15, 0.2) is 69.8 Å². The van der Waals surface area contributed by atoms with Gasteiger partial charge in [0.1, 0.15) is 52.7 Å². The number of rotatable bonds is 6. The molecule has 0 amide bonds. The van der Waals surface area contributed by atoms with E-state index in [1.807, 2.05) is 19.1 Å². The number of benzene rings is 5. The number of halogens is 20. The van der Waals surface area contributed by atoms with Gasteiger partial charge in [0.25, 0.3) is 0 Å². The van der Waals surface area contributed by atoms with Gasteiger partial charge in [-0.05, 0) is 25.5 Å². The van der Waals surface area contributed by atoms with Crippen LogP contribution in [0.1, 0.15) is 11.1 Å². The highest BCUT2D eigenvalue weighted by molar-refractivity contribution is 7.20. The van der Waals surface area contributed by atoms with Gasteiger partial charge in [-0.3, -0.25) is 4.98 Å². The molecule has 0 atom stereocenters. The Morgan fingerprint density at radius 1 is 0.383 bits per heavy atom. The van der Waals surface area contributed by atoms with Crippen LogP contribution >= 0.6 is 0 Å². The van der Waals surface area contributed by atoms with Crippen LogP contribution in [-0.4, -0.2) is 11.1 Å². The van der Waals surface area contributed by atoms with Crippen LogP contribution in [0.15, 0.2) is 43.0 Å². The Bertz CT molecular complexity index is 2330. The summed E-state index contributed by atoms with van der Waals surface area (Å²) < 4.78 is 296. The van der Waals surface area contributed by atoms with Crippen LogP contribution in [0.3, 0.4) is 0 Å². The molecular weight excluding hydrogens is 867 g/mol.